The fourth-order valence-corrected chi connectivity index (χ4v) is 3.86. The van der Waals surface area contributed by atoms with Crippen LogP contribution in [0.2, 0.25) is 0 Å². The predicted molar refractivity (Wildman–Crippen MR) is 106 cm³/mol. The van der Waals surface area contributed by atoms with Gasteiger partial charge < -0.3 is 5.73 Å². The van der Waals surface area contributed by atoms with Crippen LogP contribution in [0.3, 0.4) is 0 Å². The minimum atomic E-state index is -0.882. The van der Waals surface area contributed by atoms with Crippen LogP contribution in [0.15, 0.2) is 65.8 Å². The lowest BCUT2D eigenvalue weighted by Gasteiger charge is -2.13. The molecular weight excluding hydrogens is 374 g/mol. The Morgan fingerprint density at radius 3 is 2.32 bits per heavy atom. The quantitative estimate of drug-likeness (QED) is 0.626. The Morgan fingerprint density at radius 2 is 1.71 bits per heavy atom. The van der Waals surface area contributed by atoms with E-state index in [1.165, 1.54) is 11.8 Å². The fraction of sp³-hybridized carbons (Fsp3) is 0.200. The average Bonchev–Trinajstić information content (AvgIpc) is 3.46. The van der Waals surface area contributed by atoms with Crippen LogP contribution in [-0.4, -0.2) is 26.7 Å². The van der Waals surface area contributed by atoms with Crippen molar-refractivity contribution in [2.24, 2.45) is 5.73 Å². The van der Waals surface area contributed by atoms with Gasteiger partial charge in [0, 0.05) is 5.92 Å². The number of nitrogens with zero attached hydrogens (tertiary/aromatic N) is 3. The molecule has 0 unspecified atom stereocenters. The maximum atomic E-state index is 12.6. The van der Waals surface area contributed by atoms with Gasteiger partial charge in [-0.3, -0.25) is 10.1 Å². The van der Waals surface area contributed by atoms with Gasteiger partial charge >= 0.3 is 6.03 Å². The molecule has 142 valence electrons. The second-order valence-corrected chi connectivity index (χ2v) is 7.61. The molecule has 1 atom stereocenters. The van der Waals surface area contributed by atoms with E-state index < -0.39 is 17.2 Å². The molecular formula is C20H19N5O2S. The van der Waals surface area contributed by atoms with Crippen molar-refractivity contribution in [3.05, 3.63) is 72.1 Å². The lowest BCUT2D eigenvalue weighted by atomic mass is 10.1. The molecule has 0 aliphatic heterocycles. The van der Waals surface area contributed by atoms with Gasteiger partial charge in [-0.05, 0) is 30.5 Å². The molecule has 28 heavy (non-hydrogen) atoms. The Morgan fingerprint density at radius 1 is 1.07 bits per heavy atom. The second-order valence-electron chi connectivity index (χ2n) is 6.54. The molecule has 1 aliphatic rings. The average molecular weight is 393 g/mol. The monoisotopic (exact) mass is 393 g/mol. The molecule has 3 amide bonds. The number of hydrogen-bond donors (Lipinski definition) is 2. The fourth-order valence-electron chi connectivity index (χ4n) is 2.91. The normalized spacial score (nSPS) is 14.4. The first kappa shape index (κ1) is 18.2. The highest BCUT2D eigenvalue weighted by atomic mass is 32.2. The van der Waals surface area contributed by atoms with Crippen LogP contribution >= 0.6 is 11.8 Å². The number of primary amides is 1. The molecule has 3 aromatic rings. The summed E-state index contributed by atoms with van der Waals surface area (Å²) >= 11 is 1.20. The number of thioether (sulfide) groups is 1. The lowest BCUT2D eigenvalue weighted by molar-refractivity contribution is -0.119. The molecule has 7 nitrogen and oxygen atoms in total. The molecule has 1 aliphatic carbocycles. The molecule has 1 heterocycles. The molecule has 0 bridgehead atoms. The van der Waals surface area contributed by atoms with Crippen LogP contribution in [0.25, 0.3) is 5.69 Å². The summed E-state index contributed by atoms with van der Waals surface area (Å²) in [7, 11) is 0. The topological polar surface area (TPSA) is 103 Å². The zero-order chi connectivity index (χ0) is 19.5. The molecule has 8 heteroatoms. The van der Waals surface area contributed by atoms with E-state index >= 15 is 0 Å². The molecule has 0 radical (unpaired) electrons. The number of rotatable bonds is 6. The Labute approximate surface area is 166 Å². The molecule has 0 saturated heterocycles. The smallest absolute Gasteiger partial charge is 0.318 e. The van der Waals surface area contributed by atoms with Crippen LogP contribution in [0.5, 0.6) is 0 Å². The van der Waals surface area contributed by atoms with Gasteiger partial charge in [0.15, 0.2) is 0 Å². The summed E-state index contributed by atoms with van der Waals surface area (Å²) in [5.74, 6) is 0.792. The molecule has 1 aromatic heterocycles. The Bertz CT molecular complexity index is 986. The number of imide groups is 1. The van der Waals surface area contributed by atoms with Crippen LogP contribution in [0.4, 0.5) is 4.79 Å². The van der Waals surface area contributed by atoms with Crippen molar-refractivity contribution in [1.29, 1.82) is 0 Å². The first-order valence-electron chi connectivity index (χ1n) is 8.96. The number of nitrogens with one attached hydrogen (secondary N) is 1. The van der Waals surface area contributed by atoms with Crippen molar-refractivity contribution in [2.45, 2.75) is 29.2 Å². The van der Waals surface area contributed by atoms with E-state index in [0.29, 0.717) is 11.1 Å². The SMILES string of the molecule is NC(=O)NC(=O)[C@@H](Sc1nc(C2CC2)n(-c2ccccc2)n1)c1ccccc1. The molecule has 0 spiro atoms. The number of para-hydroxylation sites is 1. The molecule has 1 fully saturated rings. The van der Waals surface area contributed by atoms with Gasteiger partial charge in [0.25, 0.3) is 0 Å². The van der Waals surface area contributed by atoms with Crippen molar-refractivity contribution in [2.75, 3.05) is 0 Å². The van der Waals surface area contributed by atoms with Crippen molar-refractivity contribution < 1.29 is 9.59 Å². The highest BCUT2D eigenvalue weighted by Gasteiger charge is 2.32. The third kappa shape index (κ3) is 4.07. The van der Waals surface area contributed by atoms with Gasteiger partial charge in [0.05, 0.1) is 5.69 Å². The highest BCUT2D eigenvalue weighted by Crippen LogP contribution is 2.42. The zero-order valence-electron chi connectivity index (χ0n) is 15.0. The van der Waals surface area contributed by atoms with Gasteiger partial charge in [-0.1, -0.05) is 60.3 Å². The number of urea groups is 1. The third-order valence-electron chi connectivity index (χ3n) is 4.37. The first-order chi connectivity index (χ1) is 13.6. The maximum absolute atomic E-state index is 12.6. The van der Waals surface area contributed by atoms with Gasteiger partial charge in [-0.15, -0.1) is 5.10 Å². The number of carbonyl (C=O) groups excluding carboxylic acids is 2. The Balaban J connectivity index is 1.67. The van der Waals surface area contributed by atoms with Crippen LogP contribution in [0.1, 0.15) is 35.4 Å². The van der Waals surface area contributed by atoms with Gasteiger partial charge in [0.2, 0.25) is 11.1 Å². The lowest BCUT2D eigenvalue weighted by Crippen LogP contribution is -2.37. The number of hydrogen-bond acceptors (Lipinski definition) is 5. The van der Waals surface area contributed by atoms with Crippen LogP contribution in [-0.2, 0) is 4.79 Å². The zero-order valence-corrected chi connectivity index (χ0v) is 15.8. The molecule has 3 N–H and O–H groups in total. The van der Waals surface area contributed by atoms with Gasteiger partial charge in [-0.2, -0.15) is 0 Å². The number of amides is 3. The number of nitrogens with two attached hydrogens (primary N) is 1. The van der Waals surface area contributed by atoms with E-state index in [4.69, 9.17) is 10.7 Å². The maximum Gasteiger partial charge on any atom is 0.318 e. The Kier molecular flexibility index (Phi) is 5.12. The molecule has 1 saturated carbocycles. The summed E-state index contributed by atoms with van der Waals surface area (Å²) in [4.78, 5) is 28.4. The minimum absolute atomic E-state index is 0.386. The first-order valence-corrected chi connectivity index (χ1v) is 9.84. The predicted octanol–water partition coefficient (Wildman–Crippen LogP) is 3.17. The standard InChI is InChI=1S/C20H19N5O2S/c21-19(27)23-18(26)16(13-7-3-1-4-8-13)28-20-22-17(14-11-12-14)25(24-20)15-9-5-2-6-10-15/h1-10,14,16H,11-12H2,(H3,21,23,26,27)/t16-/m0/s1. The third-order valence-corrected chi connectivity index (χ3v) is 5.47. The summed E-state index contributed by atoms with van der Waals surface area (Å²) in [5.41, 5.74) is 6.82. The summed E-state index contributed by atoms with van der Waals surface area (Å²) < 4.78 is 1.84. The van der Waals surface area contributed by atoms with Crippen molar-refractivity contribution in [1.82, 2.24) is 20.1 Å². The summed E-state index contributed by atoms with van der Waals surface area (Å²) in [6.45, 7) is 0. The minimum Gasteiger partial charge on any atom is -0.351 e. The van der Waals surface area contributed by atoms with Gasteiger partial charge in [-0.25, -0.2) is 14.5 Å². The number of aromatic nitrogens is 3. The van der Waals surface area contributed by atoms with E-state index in [1.54, 1.807) is 0 Å². The largest absolute Gasteiger partial charge is 0.351 e. The van der Waals surface area contributed by atoms with E-state index in [2.05, 4.69) is 10.4 Å². The van der Waals surface area contributed by atoms with Crippen molar-refractivity contribution in [3.8, 4) is 5.69 Å². The summed E-state index contributed by atoms with van der Waals surface area (Å²) in [6, 6.07) is 18.1. The van der Waals surface area contributed by atoms with Gasteiger partial charge in [0.1, 0.15) is 11.1 Å². The molecule has 2 aromatic carbocycles. The van der Waals surface area contributed by atoms with Crippen molar-refractivity contribution in [3.63, 3.8) is 0 Å². The van der Waals surface area contributed by atoms with E-state index in [-0.39, 0.29) is 0 Å². The van der Waals surface area contributed by atoms with E-state index in [1.807, 2.05) is 65.3 Å². The van der Waals surface area contributed by atoms with Crippen LogP contribution < -0.4 is 11.1 Å². The summed E-state index contributed by atoms with van der Waals surface area (Å²) in [5, 5.41) is 6.61. The second kappa shape index (κ2) is 7.85. The van der Waals surface area contributed by atoms with E-state index in [9.17, 15) is 9.59 Å². The van der Waals surface area contributed by atoms with Crippen LogP contribution in [0, 0.1) is 0 Å². The number of carbonyl (C=O) groups is 2. The Hall–Kier alpha value is -3.13. The highest BCUT2D eigenvalue weighted by molar-refractivity contribution is 8.00. The summed E-state index contributed by atoms with van der Waals surface area (Å²) in [6.07, 6.45) is 2.17. The molecule has 4 rings (SSSR count). The van der Waals surface area contributed by atoms with E-state index in [0.717, 1.165) is 29.9 Å². The number of benzene rings is 2. The van der Waals surface area contributed by atoms with Crippen molar-refractivity contribution >= 4 is 23.7 Å².